The molecule has 0 radical (unpaired) electrons. The highest BCUT2D eigenvalue weighted by Crippen LogP contribution is 2.24. The molecule has 0 saturated heterocycles. The highest BCUT2D eigenvalue weighted by Gasteiger charge is 2.05. The molecule has 19 heavy (non-hydrogen) atoms. The predicted molar refractivity (Wildman–Crippen MR) is 75.8 cm³/mol. The van der Waals surface area contributed by atoms with Crippen LogP contribution in [0.4, 0.5) is 0 Å². The van der Waals surface area contributed by atoms with E-state index in [2.05, 4.69) is 5.32 Å². The fourth-order valence-electron chi connectivity index (χ4n) is 1.31. The van der Waals surface area contributed by atoms with Gasteiger partial charge in [-0.2, -0.15) is 0 Å². The maximum absolute atomic E-state index is 11.5. The molecule has 0 heterocycles. The Balaban J connectivity index is 2.28. The van der Waals surface area contributed by atoms with Gasteiger partial charge < -0.3 is 15.2 Å². The van der Waals surface area contributed by atoms with Crippen LogP contribution in [0.3, 0.4) is 0 Å². The predicted octanol–water partition coefficient (Wildman–Crippen LogP) is 2.51. The summed E-state index contributed by atoms with van der Waals surface area (Å²) in [6.45, 7) is 2.61. The van der Waals surface area contributed by atoms with Gasteiger partial charge in [-0.15, -0.1) is 0 Å². The first kappa shape index (κ1) is 16.1. The average molecular weight is 306 g/mol. The van der Waals surface area contributed by atoms with Gasteiger partial charge in [-0.1, -0.05) is 30.1 Å². The monoisotopic (exact) mass is 305 g/mol. The Morgan fingerprint density at radius 3 is 2.58 bits per heavy atom. The van der Waals surface area contributed by atoms with Crippen LogP contribution in [0.5, 0.6) is 5.75 Å². The molecule has 0 aliphatic carbocycles. The first-order chi connectivity index (χ1) is 9.01. The maximum Gasteiger partial charge on any atom is 0.223 e. The maximum atomic E-state index is 11.5. The van der Waals surface area contributed by atoms with Crippen LogP contribution in [0.2, 0.25) is 10.0 Å². The summed E-state index contributed by atoms with van der Waals surface area (Å²) in [6, 6.07) is 4.89. The molecule has 1 aromatic rings. The van der Waals surface area contributed by atoms with Crippen LogP contribution in [0.25, 0.3) is 0 Å². The Labute approximate surface area is 122 Å². The van der Waals surface area contributed by atoms with Crippen LogP contribution in [0.15, 0.2) is 18.2 Å². The van der Waals surface area contributed by atoms with E-state index in [0.29, 0.717) is 22.3 Å². The third-order valence-electron chi connectivity index (χ3n) is 2.39. The molecule has 0 aliphatic heterocycles. The minimum absolute atomic E-state index is 0.0524. The number of aliphatic hydroxyl groups is 1. The third-order valence-corrected chi connectivity index (χ3v) is 2.83. The molecule has 1 unspecified atom stereocenters. The van der Waals surface area contributed by atoms with Gasteiger partial charge in [-0.05, 0) is 24.1 Å². The zero-order chi connectivity index (χ0) is 14.3. The zero-order valence-corrected chi connectivity index (χ0v) is 12.2. The molecular weight excluding hydrogens is 289 g/mol. The Morgan fingerprint density at radius 2 is 2.00 bits per heavy atom. The molecule has 6 heteroatoms. The average Bonchev–Trinajstić information content (AvgIpc) is 2.34. The van der Waals surface area contributed by atoms with Crippen LogP contribution in [0.1, 0.15) is 13.3 Å². The molecular formula is C13H17Cl2NO3. The summed E-state index contributed by atoms with van der Waals surface area (Å²) in [5.74, 6) is 0.471. The second kappa shape index (κ2) is 8.25. The standard InChI is InChI=1S/C13H17Cl2NO3/c1-9(8-17)7-16-13(18)2-3-19-12-5-10(14)4-11(15)6-12/h4-6,9,17H,2-3,7-8H2,1H3,(H,16,18). The first-order valence-electron chi connectivity index (χ1n) is 5.97. The van der Waals surface area contributed by atoms with Gasteiger partial charge in [-0.3, -0.25) is 4.79 Å². The van der Waals surface area contributed by atoms with Crippen LogP contribution in [-0.2, 0) is 4.79 Å². The number of rotatable bonds is 7. The van der Waals surface area contributed by atoms with Crippen LogP contribution in [0, 0.1) is 5.92 Å². The third kappa shape index (κ3) is 6.66. The number of ether oxygens (including phenoxy) is 1. The number of hydrogen-bond acceptors (Lipinski definition) is 3. The van der Waals surface area contributed by atoms with Gasteiger partial charge >= 0.3 is 0 Å². The van der Waals surface area contributed by atoms with E-state index < -0.39 is 0 Å². The van der Waals surface area contributed by atoms with E-state index in [-0.39, 0.29) is 31.5 Å². The molecule has 0 aliphatic rings. The summed E-state index contributed by atoms with van der Waals surface area (Å²) in [5.41, 5.74) is 0. The van der Waals surface area contributed by atoms with E-state index in [1.807, 2.05) is 6.92 Å². The Hall–Kier alpha value is -0.970. The molecule has 1 amide bonds. The quantitative estimate of drug-likeness (QED) is 0.814. The number of benzene rings is 1. The van der Waals surface area contributed by atoms with Gasteiger partial charge in [0.15, 0.2) is 0 Å². The van der Waals surface area contributed by atoms with E-state index in [4.69, 9.17) is 33.0 Å². The van der Waals surface area contributed by atoms with Crippen molar-refractivity contribution in [1.82, 2.24) is 5.32 Å². The number of halogens is 2. The highest BCUT2D eigenvalue weighted by atomic mass is 35.5. The number of carbonyl (C=O) groups excluding carboxylic acids is 1. The Kier molecular flexibility index (Phi) is 6.99. The van der Waals surface area contributed by atoms with E-state index >= 15 is 0 Å². The summed E-state index contributed by atoms with van der Waals surface area (Å²) >= 11 is 11.6. The van der Waals surface area contributed by atoms with Gasteiger partial charge in [-0.25, -0.2) is 0 Å². The van der Waals surface area contributed by atoms with Crippen molar-refractivity contribution in [1.29, 1.82) is 0 Å². The highest BCUT2D eigenvalue weighted by molar-refractivity contribution is 6.34. The molecule has 0 aromatic heterocycles. The largest absolute Gasteiger partial charge is 0.493 e. The van der Waals surface area contributed by atoms with E-state index in [0.717, 1.165) is 0 Å². The van der Waals surface area contributed by atoms with Gasteiger partial charge in [0, 0.05) is 23.2 Å². The molecule has 4 nitrogen and oxygen atoms in total. The number of amides is 1. The fourth-order valence-corrected chi connectivity index (χ4v) is 1.82. The second-order valence-corrected chi connectivity index (χ2v) is 5.17. The second-order valence-electron chi connectivity index (χ2n) is 4.30. The van der Waals surface area contributed by atoms with Crippen LogP contribution in [-0.4, -0.2) is 30.8 Å². The van der Waals surface area contributed by atoms with Crippen molar-refractivity contribution in [2.45, 2.75) is 13.3 Å². The zero-order valence-electron chi connectivity index (χ0n) is 10.7. The summed E-state index contributed by atoms with van der Waals surface area (Å²) in [5, 5.41) is 12.5. The lowest BCUT2D eigenvalue weighted by atomic mass is 10.2. The molecule has 1 atom stereocenters. The van der Waals surface area contributed by atoms with E-state index in [1.165, 1.54) is 0 Å². The topological polar surface area (TPSA) is 58.6 Å². The molecule has 106 valence electrons. The lowest BCUT2D eigenvalue weighted by Gasteiger charge is -2.10. The number of carbonyl (C=O) groups is 1. The Bertz CT molecular complexity index is 406. The van der Waals surface area contributed by atoms with E-state index in [9.17, 15) is 4.79 Å². The van der Waals surface area contributed by atoms with Gasteiger partial charge in [0.1, 0.15) is 5.75 Å². The molecule has 2 N–H and O–H groups in total. The molecule has 0 bridgehead atoms. The number of aliphatic hydroxyl groups excluding tert-OH is 1. The first-order valence-corrected chi connectivity index (χ1v) is 6.73. The summed E-state index contributed by atoms with van der Waals surface area (Å²) in [7, 11) is 0. The SMILES string of the molecule is CC(CO)CNC(=O)CCOc1cc(Cl)cc(Cl)c1. The molecule has 0 spiro atoms. The number of hydrogen-bond donors (Lipinski definition) is 2. The van der Waals surface area contributed by atoms with Gasteiger partial charge in [0.2, 0.25) is 5.91 Å². The normalized spacial score (nSPS) is 12.0. The molecule has 1 aromatic carbocycles. The van der Waals surface area contributed by atoms with E-state index in [1.54, 1.807) is 18.2 Å². The minimum Gasteiger partial charge on any atom is -0.493 e. The lowest BCUT2D eigenvalue weighted by molar-refractivity contribution is -0.121. The summed E-state index contributed by atoms with van der Waals surface area (Å²) in [4.78, 5) is 11.5. The summed E-state index contributed by atoms with van der Waals surface area (Å²) < 4.78 is 5.39. The summed E-state index contributed by atoms with van der Waals surface area (Å²) in [6.07, 6.45) is 0.238. The van der Waals surface area contributed by atoms with Gasteiger partial charge in [0.25, 0.3) is 0 Å². The molecule has 0 saturated carbocycles. The van der Waals surface area contributed by atoms with Crippen molar-refractivity contribution in [2.24, 2.45) is 5.92 Å². The molecule has 1 rings (SSSR count). The van der Waals surface area contributed by atoms with Gasteiger partial charge in [0.05, 0.1) is 13.0 Å². The lowest BCUT2D eigenvalue weighted by Crippen LogP contribution is -2.30. The van der Waals surface area contributed by atoms with Crippen molar-refractivity contribution >= 4 is 29.1 Å². The fraction of sp³-hybridized carbons (Fsp3) is 0.462. The van der Waals surface area contributed by atoms with Crippen molar-refractivity contribution in [2.75, 3.05) is 19.8 Å². The Morgan fingerprint density at radius 1 is 1.37 bits per heavy atom. The smallest absolute Gasteiger partial charge is 0.223 e. The molecule has 0 fully saturated rings. The van der Waals surface area contributed by atoms with Crippen molar-refractivity contribution in [3.63, 3.8) is 0 Å². The van der Waals surface area contributed by atoms with Crippen molar-refractivity contribution < 1.29 is 14.6 Å². The van der Waals surface area contributed by atoms with Crippen molar-refractivity contribution in [3.8, 4) is 5.75 Å². The number of nitrogens with one attached hydrogen (secondary N) is 1. The van der Waals surface area contributed by atoms with Crippen LogP contribution >= 0.6 is 23.2 Å². The van der Waals surface area contributed by atoms with Crippen molar-refractivity contribution in [3.05, 3.63) is 28.2 Å². The minimum atomic E-state index is -0.117. The van der Waals surface area contributed by atoms with Crippen LogP contribution < -0.4 is 10.1 Å².